The van der Waals surface area contributed by atoms with E-state index >= 15 is 0 Å². The summed E-state index contributed by atoms with van der Waals surface area (Å²) in [4.78, 5) is 25.0. The number of rotatable bonds is 3. The van der Waals surface area contributed by atoms with Gasteiger partial charge in [0.05, 0.1) is 17.6 Å². The van der Waals surface area contributed by atoms with Crippen LogP contribution in [0.4, 0.5) is 0 Å². The number of esters is 1. The van der Waals surface area contributed by atoms with E-state index in [4.69, 9.17) is 4.74 Å². The van der Waals surface area contributed by atoms with Crippen LogP contribution in [0.15, 0.2) is 55.0 Å². The van der Waals surface area contributed by atoms with Gasteiger partial charge in [-0.3, -0.25) is 4.79 Å². The molecule has 0 saturated heterocycles. The van der Waals surface area contributed by atoms with Crippen LogP contribution in [-0.4, -0.2) is 31.9 Å². The highest BCUT2D eigenvalue weighted by Crippen LogP contribution is 2.30. The molecule has 1 aromatic carbocycles. The van der Waals surface area contributed by atoms with Crippen molar-refractivity contribution < 1.29 is 9.53 Å². The maximum atomic E-state index is 11.7. The Labute approximate surface area is 154 Å². The van der Waals surface area contributed by atoms with Crippen LogP contribution in [0.3, 0.4) is 0 Å². The second-order valence-corrected chi connectivity index (χ2v) is 6.37. The molecule has 0 aliphatic carbocycles. The number of ether oxygens (including phenoxy) is 1. The van der Waals surface area contributed by atoms with Gasteiger partial charge in [0, 0.05) is 34.7 Å². The molecule has 0 radical (unpaired) electrons. The average molecular weight is 356 g/mol. The maximum absolute atomic E-state index is 11.7. The topological polar surface area (TPSA) is 69.4 Å². The molecule has 0 aliphatic heterocycles. The molecular weight excluding hydrogens is 340 g/mol. The van der Waals surface area contributed by atoms with Crippen molar-refractivity contribution in [2.24, 2.45) is 0 Å². The summed E-state index contributed by atoms with van der Waals surface area (Å²) < 4.78 is 7.15. The Morgan fingerprint density at radius 3 is 2.81 bits per heavy atom. The van der Waals surface area contributed by atoms with Crippen molar-refractivity contribution >= 4 is 44.2 Å². The number of pyridine rings is 2. The highest BCUT2D eigenvalue weighted by atomic mass is 16.5. The molecule has 0 atom stereocenters. The van der Waals surface area contributed by atoms with Gasteiger partial charge in [0.1, 0.15) is 12.2 Å². The minimum absolute atomic E-state index is 0.0463. The molecule has 27 heavy (non-hydrogen) atoms. The van der Waals surface area contributed by atoms with Crippen molar-refractivity contribution in [3.63, 3.8) is 0 Å². The second-order valence-electron chi connectivity index (χ2n) is 6.37. The summed E-state index contributed by atoms with van der Waals surface area (Å²) >= 11 is 0. The minimum atomic E-state index is -0.335. The lowest BCUT2D eigenvalue weighted by molar-refractivity contribution is -0.142. The van der Waals surface area contributed by atoms with Gasteiger partial charge < -0.3 is 9.14 Å². The van der Waals surface area contributed by atoms with E-state index in [9.17, 15) is 4.79 Å². The number of nitrogens with zero attached hydrogens (tertiary/aromatic N) is 4. The Morgan fingerprint density at radius 2 is 1.93 bits per heavy atom. The molecule has 5 aromatic rings. The van der Waals surface area contributed by atoms with Gasteiger partial charge in [0.2, 0.25) is 0 Å². The summed E-state index contributed by atoms with van der Waals surface area (Å²) in [6, 6.07) is 12.5. The zero-order chi connectivity index (χ0) is 18.4. The fraction of sp³-hybridized carbons (Fsp3) is 0.143. The number of aromatic nitrogens is 4. The van der Waals surface area contributed by atoms with E-state index in [1.807, 2.05) is 18.3 Å². The molecule has 0 aliphatic rings. The van der Waals surface area contributed by atoms with Gasteiger partial charge in [0.25, 0.3) is 0 Å². The number of para-hydroxylation sites is 1. The number of benzene rings is 1. The van der Waals surface area contributed by atoms with Gasteiger partial charge >= 0.3 is 5.97 Å². The predicted octanol–water partition coefficient (Wildman–Crippen LogP) is 3.69. The molecule has 0 fully saturated rings. The predicted molar refractivity (Wildman–Crippen MR) is 104 cm³/mol. The smallest absolute Gasteiger partial charge is 0.313 e. The van der Waals surface area contributed by atoms with Gasteiger partial charge in [-0.05, 0) is 24.4 Å². The fourth-order valence-corrected chi connectivity index (χ4v) is 3.55. The van der Waals surface area contributed by atoms with Gasteiger partial charge in [-0.2, -0.15) is 0 Å². The third kappa shape index (κ3) is 2.49. The summed E-state index contributed by atoms with van der Waals surface area (Å²) in [6.45, 7) is 2.12. The summed E-state index contributed by atoms with van der Waals surface area (Å²) in [6.07, 6.45) is 5.71. The third-order valence-electron chi connectivity index (χ3n) is 4.71. The number of hydrogen-bond donors (Lipinski definition) is 0. The molecule has 6 nitrogen and oxygen atoms in total. The zero-order valence-corrected chi connectivity index (χ0v) is 14.7. The van der Waals surface area contributed by atoms with Crippen LogP contribution in [0.5, 0.6) is 0 Å². The molecule has 6 heteroatoms. The standard InChI is InChI=1S/C21H16N4O2/c1-2-27-19(26)9-18-22-11-15-20-14(10-23-21(15)24-18)12-25-16-6-4-3-5-13(16)7-8-17(20)25/h3-8,10-12H,2,9H2,1H3. The van der Waals surface area contributed by atoms with Crippen molar-refractivity contribution in [2.75, 3.05) is 6.61 Å². The lowest BCUT2D eigenvalue weighted by atomic mass is 10.1. The average Bonchev–Trinajstić information content (AvgIpc) is 3.07. The first-order valence-corrected chi connectivity index (χ1v) is 8.83. The van der Waals surface area contributed by atoms with Crippen molar-refractivity contribution in [2.45, 2.75) is 13.3 Å². The quantitative estimate of drug-likeness (QED) is 0.461. The molecule has 4 aromatic heterocycles. The van der Waals surface area contributed by atoms with Gasteiger partial charge in [0.15, 0.2) is 5.65 Å². The number of fused-ring (bicyclic) bond motifs is 7. The van der Waals surface area contributed by atoms with E-state index in [0.717, 1.165) is 27.2 Å². The van der Waals surface area contributed by atoms with Gasteiger partial charge in [-0.15, -0.1) is 0 Å². The summed E-state index contributed by atoms with van der Waals surface area (Å²) in [5, 5.41) is 4.14. The first-order chi connectivity index (χ1) is 13.2. The van der Waals surface area contributed by atoms with E-state index in [1.165, 1.54) is 5.39 Å². The van der Waals surface area contributed by atoms with Crippen LogP contribution in [0.2, 0.25) is 0 Å². The highest BCUT2D eigenvalue weighted by molar-refractivity contribution is 6.14. The van der Waals surface area contributed by atoms with Crippen LogP contribution in [0, 0.1) is 0 Å². The minimum Gasteiger partial charge on any atom is -0.466 e. The first-order valence-electron chi connectivity index (χ1n) is 8.83. The maximum Gasteiger partial charge on any atom is 0.313 e. The highest BCUT2D eigenvalue weighted by Gasteiger charge is 2.13. The van der Waals surface area contributed by atoms with Crippen LogP contribution in [-0.2, 0) is 16.0 Å². The van der Waals surface area contributed by atoms with Crippen molar-refractivity contribution in [1.82, 2.24) is 19.4 Å². The Hall–Kier alpha value is -3.54. The van der Waals surface area contributed by atoms with Crippen LogP contribution in [0.1, 0.15) is 12.7 Å². The molecule has 0 bridgehead atoms. The summed E-state index contributed by atoms with van der Waals surface area (Å²) in [5.41, 5.74) is 2.80. The molecule has 4 heterocycles. The van der Waals surface area contributed by atoms with Crippen LogP contribution >= 0.6 is 0 Å². The van der Waals surface area contributed by atoms with E-state index in [2.05, 4.69) is 49.8 Å². The SMILES string of the molecule is CCOC(=O)Cc1ncc2c(ncc3cn4c5ccccc5ccc4c32)n1. The largest absolute Gasteiger partial charge is 0.466 e. The molecule has 0 spiro atoms. The van der Waals surface area contributed by atoms with E-state index in [0.29, 0.717) is 18.1 Å². The van der Waals surface area contributed by atoms with Crippen molar-refractivity contribution in [1.29, 1.82) is 0 Å². The third-order valence-corrected chi connectivity index (χ3v) is 4.71. The Morgan fingerprint density at radius 1 is 1.04 bits per heavy atom. The molecule has 0 saturated carbocycles. The lowest BCUT2D eigenvalue weighted by Gasteiger charge is -2.04. The molecular formula is C21H16N4O2. The normalized spacial score (nSPS) is 11.6. The van der Waals surface area contributed by atoms with Crippen LogP contribution in [0.25, 0.3) is 38.2 Å². The number of carbonyl (C=O) groups is 1. The molecule has 0 unspecified atom stereocenters. The Bertz CT molecular complexity index is 1340. The number of hydrogen-bond acceptors (Lipinski definition) is 5. The monoisotopic (exact) mass is 356 g/mol. The second kappa shape index (κ2) is 6.02. The van der Waals surface area contributed by atoms with E-state index < -0.39 is 0 Å². The molecule has 0 amide bonds. The summed E-state index contributed by atoms with van der Waals surface area (Å²) in [5.74, 6) is 0.0838. The molecule has 132 valence electrons. The fourth-order valence-electron chi connectivity index (χ4n) is 3.55. The van der Waals surface area contributed by atoms with Crippen molar-refractivity contribution in [3.8, 4) is 0 Å². The first kappa shape index (κ1) is 15.7. The van der Waals surface area contributed by atoms with E-state index in [1.54, 1.807) is 13.1 Å². The van der Waals surface area contributed by atoms with Crippen molar-refractivity contribution in [3.05, 3.63) is 60.8 Å². The summed E-state index contributed by atoms with van der Waals surface area (Å²) in [7, 11) is 0. The van der Waals surface area contributed by atoms with E-state index in [-0.39, 0.29) is 12.4 Å². The zero-order valence-electron chi connectivity index (χ0n) is 14.7. The Kier molecular flexibility index (Phi) is 3.50. The molecule has 0 N–H and O–H groups in total. The van der Waals surface area contributed by atoms with Crippen LogP contribution < -0.4 is 0 Å². The van der Waals surface area contributed by atoms with Gasteiger partial charge in [-0.25, -0.2) is 15.0 Å². The Balaban J connectivity index is 1.74. The number of carbonyl (C=O) groups excluding carboxylic acids is 1. The molecule has 5 rings (SSSR count). The lowest BCUT2D eigenvalue weighted by Crippen LogP contribution is -2.10. The van der Waals surface area contributed by atoms with Gasteiger partial charge in [-0.1, -0.05) is 24.3 Å².